The van der Waals surface area contributed by atoms with Crippen LogP contribution in [0.2, 0.25) is 0 Å². The fourth-order valence-electron chi connectivity index (χ4n) is 1.37. The monoisotopic (exact) mass is 236 g/mol. The van der Waals surface area contributed by atoms with E-state index >= 15 is 0 Å². The number of methoxy groups -OCH3 is 1. The van der Waals surface area contributed by atoms with Gasteiger partial charge >= 0.3 is 0 Å². The normalized spacial score (nSPS) is 17.5. The van der Waals surface area contributed by atoms with Gasteiger partial charge in [0.05, 0.1) is 5.60 Å². The molecule has 0 saturated heterocycles. The minimum absolute atomic E-state index is 0.00146. The van der Waals surface area contributed by atoms with Crippen molar-refractivity contribution in [2.75, 3.05) is 12.4 Å². The quantitative estimate of drug-likeness (QED) is 0.663. The first-order valence-electron chi connectivity index (χ1n) is 4.50. The maximum absolute atomic E-state index is 5.42. The highest BCUT2D eigenvalue weighted by Gasteiger charge is 2.29. The van der Waals surface area contributed by atoms with Crippen LogP contribution in [0.3, 0.4) is 0 Å². The van der Waals surface area contributed by atoms with Gasteiger partial charge < -0.3 is 4.74 Å². The van der Waals surface area contributed by atoms with Gasteiger partial charge in [-0.15, -0.1) is 0 Å². The fourth-order valence-corrected chi connectivity index (χ4v) is 1.96. The minimum atomic E-state index is -0.00146. The minimum Gasteiger partial charge on any atom is -0.379 e. The summed E-state index contributed by atoms with van der Waals surface area (Å²) >= 11 is 3.56. The van der Waals surface area contributed by atoms with Crippen LogP contribution >= 0.6 is 15.9 Å². The molecule has 0 heterocycles. The zero-order valence-electron chi connectivity index (χ0n) is 8.91. The van der Waals surface area contributed by atoms with Crippen LogP contribution in [0.5, 0.6) is 0 Å². The highest BCUT2D eigenvalue weighted by molar-refractivity contribution is 9.09. The topological polar surface area (TPSA) is 9.23 Å². The molecule has 2 heteroatoms. The molecule has 1 atom stereocenters. The van der Waals surface area contributed by atoms with Crippen molar-refractivity contribution in [2.45, 2.75) is 46.1 Å². The molecular formula is C10H21BrO. The van der Waals surface area contributed by atoms with Gasteiger partial charge in [0.15, 0.2) is 0 Å². The van der Waals surface area contributed by atoms with E-state index in [1.54, 1.807) is 7.11 Å². The van der Waals surface area contributed by atoms with Crippen molar-refractivity contribution < 1.29 is 4.74 Å². The summed E-state index contributed by atoms with van der Waals surface area (Å²) in [6.07, 6.45) is 2.28. The number of hydrogen-bond donors (Lipinski definition) is 0. The summed E-state index contributed by atoms with van der Waals surface area (Å²) in [6.45, 7) is 8.81. The van der Waals surface area contributed by atoms with Gasteiger partial charge in [0.1, 0.15) is 0 Å². The zero-order valence-corrected chi connectivity index (χ0v) is 10.5. The molecular weight excluding hydrogens is 216 g/mol. The van der Waals surface area contributed by atoms with Gasteiger partial charge in [0.2, 0.25) is 0 Å². The van der Waals surface area contributed by atoms with Gasteiger partial charge in [-0.25, -0.2) is 0 Å². The van der Waals surface area contributed by atoms with E-state index in [9.17, 15) is 0 Å². The molecule has 0 saturated carbocycles. The van der Waals surface area contributed by atoms with Crippen molar-refractivity contribution in [3.63, 3.8) is 0 Å². The molecule has 0 aromatic carbocycles. The molecule has 0 aliphatic heterocycles. The lowest BCUT2D eigenvalue weighted by Gasteiger charge is -2.34. The molecule has 0 aromatic heterocycles. The van der Waals surface area contributed by atoms with Crippen LogP contribution in [0.25, 0.3) is 0 Å². The van der Waals surface area contributed by atoms with Crippen LogP contribution in [0.15, 0.2) is 0 Å². The summed E-state index contributed by atoms with van der Waals surface area (Å²) in [4.78, 5) is 0. The van der Waals surface area contributed by atoms with Crippen molar-refractivity contribution in [1.82, 2.24) is 0 Å². The lowest BCUT2D eigenvalue weighted by molar-refractivity contribution is -0.0124. The fraction of sp³-hybridized carbons (Fsp3) is 1.00. The summed E-state index contributed by atoms with van der Waals surface area (Å²) in [5.74, 6) is 0. The third-order valence-electron chi connectivity index (χ3n) is 2.58. The Balaban J connectivity index is 4.20. The Morgan fingerprint density at radius 3 is 2.00 bits per heavy atom. The molecule has 0 radical (unpaired) electrons. The molecule has 0 bridgehead atoms. The van der Waals surface area contributed by atoms with E-state index in [1.165, 1.54) is 6.42 Å². The second kappa shape index (κ2) is 4.61. The van der Waals surface area contributed by atoms with Crippen LogP contribution < -0.4 is 0 Å². The first-order valence-corrected chi connectivity index (χ1v) is 5.62. The summed E-state index contributed by atoms with van der Waals surface area (Å²) in [7, 11) is 1.78. The average Bonchev–Trinajstić information content (AvgIpc) is 2.04. The molecule has 0 aromatic rings. The van der Waals surface area contributed by atoms with Crippen molar-refractivity contribution in [2.24, 2.45) is 5.41 Å². The van der Waals surface area contributed by atoms with Crippen molar-refractivity contribution in [3.8, 4) is 0 Å². The van der Waals surface area contributed by atoms with Crippen LogP contribution in [-0.2, 0) is 4.74 Å². The molecule has 0 N–H and O–H groups in total. The number of hydrogen-bond acceptors (Lipinski definition) is 1. The van der Waals surface area contributed by atoms with Gasteiger partial charge in [-0.1, -0.05) is 29.8 Å². The first kappa shape index (κ1) is 12.4. The summed E-state index contributed by atoms with van der Waals surface area (Å²) in [5, 5.41) is 1.04. The summed E-state index contributed by atoms with van der Waals surface area (Å²) < 4.78 is 5.42. The van der Waals surface area contributed by atoms with E-state index < -0.39 is 0 Å². The van der Waals surface area contributed by atoms with Crippen LogP contribution in [0.4, 0.5) is 0 Å². The second-order valence-corrected chi connectivity index (χ2v) is 5.00. The van der Waals surface area contributed by atoms with Gasteiger partial charge in [-0.05, 0) is 32.1 Å². The molecule has 0 amide bonds. The van der Waals surface area contributed by atoms with Crippen molar-refractivity contribution >= 4 is 15.9 Å². The first-order chi connectivity index (χ1) is 5.39. The maximum atomic E-state index is 5.42. The number of rotatable bonds is 5. The van der Waals surface area contributed by atoms with E-state index in [1.807, 2.05) is 0 Å². The third-order valence-corrected chi connectivity index (χ3v) is 3.93. The predicted molar refractivity (Wildman–Crippen MR) is 57.9 cm³/mol. The summed E-state index contributed by atoms with van der Waals surface area (Å²) in [6, 6.07) is 0. The lowest BCUT2D eigenvalue weighted by Crippen LogP contribution is -2.32. The number of alkyl halides is 1. The van der Waals surface area contributed by atoms with Crippen LogP contribution in [0.1, 0.15) is 40.5 Å². The largest absolute Gasteiger partial charge is 0.379 e. The number of ether oxygens (including phenoxy) is 1. The molecule has 0 rings (SSSR count). The van der Waals surface area contributed by atoms with E-state index in [0.29, 0.717) is 5.41 Å². The molecule has 0 aliphatic rings. The molecule has 74 valence electrons. The molecule has 1 nitrogen and oxygen atoms in total. The lowest BCUT2D eigenvalue weighted by atomic mass is 9.80. The Kier molecular flexibility index (Phi) is 4.78. The van der Waals surface area contributed by atoms with Gasteiger partial charge in [-0.3, -0.25) is 0 Å². The second-order valence-electron chi connectivity index (χ2n) is 4.44. The van der Waals surface area contributed by atoms with Gasteiger partial charge in [0, 0.05) is 12.4 Å². The highest BCUT2D eigenvalue weighted by Crippen LogP contribution is 2.34. The zero-order chi connectivity index (χ0) is 9.83. The maximum Gasteiger partial charge on any atom is 0.0628 e. The highest BCUT2D eigenvalue weighted by atomic mass is 79.9. The smallest absolute Gasteiger partial charge is 0.0628 e. The summed E-state index contributed by atoms with van der Waals surface area (Å²) in [5.41, 5.74) is 0.359. The Hall–Kier alpha value is 0.440. The molecule has 0 aliphatic carbocycles. The standard InChI is InChI=1S/C10H21BrO/c1-6-10(4,8-11)7-9(2,3)12-5/h6-8H2,1-5H3. The Bertz CT molecular complexity index is 128. The Morgan fingerprint density at radius 2 is 1.75 bits per heavy atom. The molecule has 0 fully saturated rings. The molecule has 12 heavy (non-hydrogen) atoms. The Morgan fingerprint density at radius 1 is 1.25 bits per heavy atom. The Labute approximate surface area is 85.0 Å². The van der Waals surface area contributed by atoms with Crippen molar-refractivity contribution in [1.29, 1.82) is 0 Å². The van der Waals surface area contributed by atoms with E-state index in [4.69, 9.17) is 4.74 Å². The van der Waals surface area contributed by atoms with Gasteiger partial charge in [-0.2, -0.15) is 0 Å². The molecule has 1 unspecified atom stereocenters. The van der Waals surface area contributed by atoms with E-state index in [-0.39, 0.29) is 5.60 Å². The van der Waals surface area contributed by atoms with Crippen molar-refractivity contribution in [3.05, 3.63) is 0 Å². The van der Waals surface area contributed by atoms with E-state index in [0.717, 1.165) is 11.8 Å². The predicted octanol–water partition coefficient (Wildman–Crippen LogP) is 3.61. The molecule has 0 spiro atoms. The van der Waals surface area contributed by atoms with E-state index in [2.05, 4.69) is 43.6 Å². The third kappa shape index (κ3) is 3.90. The van der Waals surface area contributed by atoms with Crippen LogP contribution in [0, 0.1) is 5.41 Å². The van der Waals surface area contributed by atoms with Gasteiger partial charge in [0.25, 0.3) is 0 Å². The average molecular weight is 237 g/mol. The van der Waals surface area contributed by atoms with Crippen LogP contribution in [-0.4, -0.2) is 18.0 Å². The SMILES string of the molecule is CCC(C)(CBr)CC(C)(C)OC. The number of halogens is 1.